The highest BCUT2D eigenvalue weighted by Crippen LogP contribution is 2.34. The maximum Gasteiger partial charge on any atom is 0.167 e. The molecule has 0 radical (unpaired) electrons. The highest BCUT2D eigenvalue weighted by Gasteiger charge is 2.10. The molecule has 1 aromatic heterocycles. The number of ether oxygens (including phenoxy) is 1. The zero-order valence-corrected chi connectivity index (χ0v) is 13.3. The monoisotopic (exact) mass is 363 g/mol. The molecule has 1 N–H and O–H groups in total. The van der Waals surface area contributed by atoms with E-state index in [4.69, 9.17) is 4.74 Å². The van der Waals surface area contributed by atoms with E-state index >= 15 is 0 Å². The molecule has 0 amide bonds. The Balaban J connectivity index is 2.06. The Morgan fingerprint density at radius 3 is 2.95 bits per heavy atom. The van der Waals surface area contributed by atoms with E-state index < -0.39 is 0 Å². The van der Waals surface area contributed by atoms with Gasteiger partial charge in [-0.25, -0.2) is 0 Å². The zero-order chi connectivity index (χ0) is 14.8. The molecular weight excluding hydrogens is 354 g/mol. The maximum atomic E-state index is 10.1. The molecule has 0 aliphatic heterocycles. The Morgan fingerprint density at radius 2 is 2.14 bits per heavy atom. The van der Waals surface area contributed by atoms with E-state index in [9.17, 15) is 5.11 Å². The van der Waals surface area contributed by atoms with Gasteiger partial charge in [-0.3, -0.25) is 4.99 Å². The highest BCUT2D eigenvalue weighted by atomic mass is 79.9. The van der Waals surface area contributed by atoms with E-state index in [-0.39, 0.29) is 5.75 Å². The minimum Gasteiger partial charge on any atom is -0.504 e. The number of aromatic hydroxyl groups is 1. The first-order valence-corrected chi connectivity index (χ1v) is 7.54. The first-order valence-electron chi connectivity index (χ1n) is 6.01. The minimum atomic E-state index is 0.0409. The predicted octanol–water partition coefficient (Wildman–Crippen LogP) is 3.92. The summed E-state index contributed by atoms with van der Waals surface area (Å²) >= 11 is 4.54. The van der Waals surface area contributed by atoms with Gasteiger partial charge >= 0.3 is 0 Å². The first kappa shape index (κ1) is 14.0. The van der Waals surface area contributed by atoms with E-state index in [1.807, 2.05) is 18.2 Å². The fourth-order valence-corrected chi connectivity index (χ4v) is 2.85. The van der Waals surface area contributed by atoms with Crippen molar-refractivity contribution in [2.24, 2.45) is 4.99 Å². The number of fused-ring (bicyclic) bond motifs is 1. The second kappa shape index (κ2) is 5.79. The normalized spacial score (nSPS) is 11.3. The predicted molar refractivity (Wildman–Crippen MR) is 87.0 cm³/mol. The summed E-state index contributed by atoms with van der Waals surface area (Å²) in [6.45, 7) is 0. The van der Waals surface area contributed by atoms with Gasteiger partial charge < -0.3 is 9.84 Å². The Hall–Kier alpha value is -1.99. The van der Waals surface area contributed by atoms with Crippen LogP contribution in [0.25, 0.3) is 11.0 Å². The molecular formula is C14H10BrN3O2S. The van der Waals surface area contributed by atoms with Crippen LogP contribution in [0.4, 0.5) is 5.69 Å². The lowest BCUT2D eigenvalue weighted by Gasteiger charge is -2.07. The first-order chi connectivity index (χ1) is 10.2. The van der Waals surface area contributed by atoms with Gasteiger partial charge in [-0.2, -0.15) is 8.75 Å². The van der Waals surface area contributed by atoms with Gasteiger partial charge in [-0.15, -0.1) is 0 Å². The molecule has 0 saturated carbocycles. The fraction of sp³-hybridized carbons (Fsp3) is 0.0714. The molecule has 0 aliphatic rings. The van der Waals surface area contributed by atoms with Crippen LogP contribution in [-0.4, -0.2) is 27.2 Å². The number of phenols is 1. The third-order valence-electron chi connectivity index (χ3n) is 2.94. The van der Waals surface area contributed by atoms with Crippen LogP contribution in [0.2, 0.25) is 0 Å². The van der Waals surface area contributed by atoms with Crippen LogP contribution in [0.3, 0.4) is 0 Å². The molecule has 2 aromatic carbocycles. The van der Waals surface area contributed by atoms with Crippen LogP contribution in [-0.2, 0) is 0 Å². The number of hydrogen-bond acceptors (Lipinski definition) is 6. The second-order valence-corrected chi connectivity index (χ2v) is 5.56. The van der Waals surface area contributed by atoms with E-state index in [0.29, 0.717) is 17.0 Å². The Morgan fingerprint density at radius 1 is 1.29 bits per heavy atom. The number of aromatic nitrogens is 2. The van der Waals surface area contributed by atoms with Crippen molar-refractivity contribution in [3.8, 4) is 11.5 Å². The van der Waals surface area contributed by atoms with Crippen molar-refractivity contribution in [3.63, 3.8) is 0 Å². The molecule has 0 bridgehead atoms. The summed E-state index contributed by atoms with van der Waals surface area (Å²) in [5.41, 5.74) is 2.81. The molecule has 0 fully saturated rings. The second-order valence-electron chi connectivity index (χ2n) is 4.18. The molecule has 21 heavy (non-hydrogen) atoms. The van der Waals surface area contributed by atoms with Crippen molar-refractivity contribution in [3.05, 3.63) is 40.4 Å². The van der Waals surface area contributed by atoms with E-state index in [2.05, 4.69) is 29.7 Å². The number of halogens is 1. The number of aliphatic imine (C=N–C) groups is 1. The third-order valence-corrected chi connectivity index (χ3v) is 4.18. The van der Waals surface area contributed by atoms with Crippen LogP contribution < -0.4 is 4.74 Å². The van der Waals surface area contributed by atoms with Crippen molar-refractivity contribution in [1.82, 2.24) is 8.75 Å². The Bertz CT molecular complexity index is 832. The van der Waals surface area contributed by atoms with Gasteiger partial charge in [0.15, 0.2) is 11.5 Å². The summed E-state index contributed by atoms with van der Waals surface area (Å²) in [6, 6.07) is 9.09. The SMILES string of the molecule is COc1ccc(Br)c(C=Nc2cccc3nsnc23)c1O. The third kappa shape index (κ3) is 2.62. The number of nitrogens with zero attached hydrogens (tertiary/aromatic N) is 3. The van der Waals surface area contributed by atoms with Crippen LogP contribution in [0.1, 0.15) is 5.56 Å². The standard InChI is InChI=1S/C14H10BrN3O2S/c1-20-12-6-5-9(15)8(14(12)19)7-16-10-3-2-4-11-13(10)18-21-17-11/h2-7,19H,1H3. The van der Waals surface area contributed by atoms with Gasteiger partial charge in [0.2, 0.25) is 0 Å². The summed E-state index contributed by atoms with van der Waals surface area (Å²) < 4.78 is 14.2. The molecule has 0 unspecified atom stereocenters. The van der Waals surface area contributed by atoms with Gasteiger partial charge in [0.25, 0.3) is 0 Å². The fourth-order valence-electron chi connectivity index (χ4n) is 1.88. The molecule has 3 aromatic rings. The topological polar surface area (TPSA) is 67.6 Å². The van der Waals surface area contributed by atoms with Crippen molar-refractivity contribution in [1.29, 1.82) is 0 Å². The lowest BCUT2D eigenvalue weighted by molar-refractivity contribution is 0.373. The van der Waals surface area contributed by atoms with Crippen LogP contribution in [0, 0.1) is 0 Å². The van der Waals surface area contributed by atoms with Gasteiger partial charge in [-0.05, 0) is 40.2 Å². The quantitative estimate of drug-likeness (QED) is 0.716. The Labute approximate surface area is 133 Å². The van der Waals surface area contributed by atoms with Crippen LogP contribution >= 0.6 is 27.7 Å². The number of methoxy groups -OCH3 is 1. The molecule has 7 heteroatoms. The minimum absolute atomic E-state index is 0.0409. The number of phenolic OH excluding ortho intramolecular Hbond substituents is 1. The van der Waals surface area contributed by atoms with Crippen molar-refractivity contribution < 1.29 is 9.84 Å². The number of hydrogen-bond donors (Lipinski definition) is 1. The average Bonchev–Trinajstić information content (AvgIpc) is 2.96. The van der Waals surface area contributed by atoms with Gasteiger partial charge in [0.05, 0.1) is 30.1 Å². The van der Waals surface area contributed by atoms with E-state index in [1.165, 1.54) is 7.11 Å². The van der Waals surface area contributed by atoms with Crippen LogP contribution in [0.5, 0.6) is 11.5 Å². The lowest BCUT2D eigenvalue weighted by atomic mass is 10.2. The average molecular weight is 364 g/mol. The van der Waals surface area contributed by atoms with Crippen molar-refractivity contribution in [2.45, 2.75) is 0 Å². The molecule has 0 spiro atoms. The van der Waals surface area contributed by atoms with Crippen LogP contribution in [0.15, 0.2) is 39.8 Å². The lowest BCUT2D eigenvalue weighted by Crippen LogP contribution is -1.90. The maximum absolute atomic E-state index is 10.1. The summed E-state index contributed by atoms with van der Waals surface area (Å²) in [4.78, 5) is 4.41. The summed E-state index contributed by atoms with van der Waals surface area (Å²) in [7, 11) is 1.51. The van der Waals surface area contributed by atoms with Gasteiger partial charge in [0, 0.05) is 10.7 Å². The molecule has 0 atom stereocenters. The van der Waals surface area contributed by atoms with E-state index in [1.54, 1.807) is 18.3 Å². The van der Waals surface area contributed by atoms with Gasteiger partial charge in [0.1, 0.15) is 11.0 Å². The largest absolute Gasteiger partial charge is 0.504 e. The highest BCUT2D eigenvalue weighted by molar-refractivity contribution is 9.10. The zero-order valence-electron chi connectivity index (χ0n) is 10.9. The molecule has 106 valence electrons. The number of benzene rings is 2. The summed E-state index contributed by atoms with van der Waals surface area (Å²) in [5.74, 6) is 0.437. The molecule has 0 aliphatic carbocycles. The summed E-state index contributed by atoms with van der Waals surface area (Å²) in [5, 5.41) is 10.1. The molecule has 0 saturated heterocycles. The van der Waals surface area contributed by atoms with Crippen molar-refractivity contribution >= 4 is 50.6 Å². The Kier molecular flexibility index (Phi) is 3.85. The van der Waals surface area contributed by atoms with Crippen molar-refractivity contribution in [2.75, 3.05) is 7.11 Å². The smallest absolute Gasteiger partial charge is 0.167 e. The number of rotatable bonds is 3. The molecule has 5 nitrogen and oxygen atoms in total. The molecule has 3 rings (SSSR count). The summed E-state index contributed by atoms with van der Waals surface area (Å²) in [6.07, 6.45) is 1.58. The molecule has 1 heterocycles. The van der Waals surface area contributed by atoms with Gasteiger partial charge in [-0.1, -0.05) is 6.07 Å². The van der Waals surface area contributed by atoms with E-state index in [0.717, 1.165) is 27.2 Å².